The zero-order valence-electron chi connectivity index (χ0n) is 9.99. The molecule has 2 saturated carbocycles. The summed E-state index contributed by atoms with van der Waals surface area (Å²) >= 11 is 0. The van der Waals surface area contributed by atoms with E-state index >= 15 is 0 Å². The lowest BCUT2D eigenvalue weighted by Gasteiger charge is -2.31. The summed E-state index contributed by atoms with van der Waals surface area (Å²) in [6, 6.07) is 0.816. The Labute approximate surface area is 93.7 Å². The molecular formula is C13H25NO. The molecule has 0 bridgehead atoms. The summed E-state index contributed by atoms with van der Waals surface area (Å²) in [5.41, 5.74) is 0. The molecule has 2 aliphatic carbocycles. The van der Waals surface area contributed by atoms with Crippen LogP contribution >= 0.6 is 0 Å². The van der Waals surface area contributed by atoms with Crippen molar-refractivity contribution in [2.75, 3.05) is 19.7 Å². The first-order chi connectivity index (χ1) is 7.29. The fourth-order valence-electron chi connectivity index (χ4n) is 2.83. The summed E-state index contributed by atoms with van der Waals surface area (Å²) in [5, 5.41) is 9.04. The van der Waals surface area contributed by atoms with Gasteiger partial charge in [-0.1, -0.05) is 19.8 Å². The minimum atomic E-state index is 0.333. The SMILES string of the molecule is CC1CCC(CN(CCO)C2CC2)CC1. The Morgan fingerprint density at radius 1 is 1.07 bits per heavy atom. The second kappa shape index (κ2) is 5.31. The quantitative estimate of drug-likeness (QED) is 0.754. The molecule has 0 saturated heterocycles. The molecule has 0 atom stereocenters. The van der Waals surface area contributed by atoms with Crippen molar-refractivity contribution in [3.05, 3.63) is 0 Å². The molecule has 0 aromatic heterocycles. The molecule has 0 spiro atoms. The van der Waals surface area contributed by atoms with Gasteiger partial charge >= 0.3 is 0 Å². The van der Waals surface area contributed by atoms with Crippen molar-refractivity contribution in [3.8, 4) is 0 Å². The molecule has 15 heavy (non-hydrogen) atoms. The largest absolute Gasteiger partial charge is 0.395 e. The Balaban J connectivity index is 1.73. The predicted octanol–water partition coefficient (Wildman–Crippen LogP) is 2.27. The van der Waals surface area contributed by atoms with Gasteiger partial charge in [-0.3, -0.25) is 4.90 Å². The first kappa shape index (κ1) is 11.4. The third kappa shape index (κ3) is 3.46. The van der Waals surface area contributed by atoms with Crippen LogP contribution < -0.4 is 0 Å². The maximum atomic E-state index is 9.04. The molecule has 2 heteroatoms. The molecule has 2 aliphatic rings. The van der Waals surface area contributed by atoms with Gasteiger partial charge in [-0.15, -0.1) is 0 Å². The van der Waals surface area contributed by atoms with Gasteiger partial charge in [-0.2, -0.15) is 0 Å². The van der Waals surface area contributed by atoms with E-state index in [9.17, 15) is 0 Å². The third-order valence-corrected chi connectivity index (χ3v) is 4.08. The molecule has 2 fully saturated rings. The van der Waals surface area contributed by atoms with E-state index in [-0.39, 0.29) is 0 Å². The molecule has 0 amide bonds. The van der Waals surface area contributed by atoms with Crippen molar-refractivity contribution in [3.63, 3.8) is 0 Å². The standard InChI is InChI=1S/C13H25NO/c1-11-2-4-12(5-3-11)10-14(8-9-15)13-6-7-13/h11-13,15H,2-10H2,1H3. The second-order valence-electron chi connectivity index (χ2n) is 5.58. The van der Waals surface area contributed by atoms with E-state index in [1.165, 1.54) is 45.1 Å². The average Bonchev–Trinajstić information content (AvgIpc) is 3.04. The number of aliphatic hydroxyl groups excluding tert-OH is 1. The average molecular weight is 211 g/mol. The van der Waals surface area contributed by atoms with E-state index in [2.05, 4.69) is 11.8 Å². The zero-order chi connectivity index (χ0) is 10.7. The number of rotatable bonds is 5. The first-order valence-electron chi connectivity index (χ1n) is 6.64. The van der Waals surface area contributed by atoms with Crippen molar-refractivity contribution in [1.29, 1.82) is 0 Å². The third-order valence-electron chi connectivity index (χ3n) is 4.08. The summed E-state index contributed by atoms with van der Waals surface area (Å²) < 4.78 is 0. The van der Waals surface area contributed by atoms with Crippen molar-refractivity contribution in [2.45, 2.75) is 51.5 Å². The van der Waals surface area contributed by atoms with E-state index in [1.807, 2.05) is 0 Å². The minimum absolute atomic E-state index is 0.333. The van der Waals surface area contributed by atoms with Crippen LogP contribution in [0.5, 0.6) is 0 Å². The van der Waals surface area contributed by atoms with Crippen molar-refractivity contribution in [1.82, 2.24) is 4.90 Å². The van der Waals surface area contributed by atoms with Crippen molar-refractivity contribution in [2.24, 2.45) is 11.8 Å². The van der Waals surface area contributed by atoms with E-state index in [0.717, 1.165) is 24.4 Å². The van der Waals surface area contributed by atoms with Crippen LogP contribution in [0.4, 0.5) is 0 Å². The summed E-state index contributed by atoms with van der Waals surface area (Å²) in [5.74, 6) is 1.86. The molecule has 0 aliphatic heterocycles. The summed E-state index contributed by atoms with van der Waals surface area (Å²) in [7, 11) is 0. The van der Waals surface area contributed by atoms with E-state index in [1.54, 1.807) is 0 Å². The molecule has 0 unspecified atom stereocenters. The normalized spacial score (nSPS) is 32.2. The summed E-state index contributed by atoms with van der Waals surface area (Å²) in [4.78, 5) is 2.53. The highest BCUT2D eigenvalue weighted by atomic mass is 16.3. The van der Waals surface area contributed by atoms with Crippen LogP contribution in [-0.2, 0) is 0 Å². The number of aliphatic hydroxyl groups is 1. The zero-order valence-corrected chi connectivity index (χ0v) is 9.99. The molecule has 2 nitrogen and oxygen atoms in total. The lowest BCUT2D eigenvalue weighted by molar-refractivity contribution is 0.146. The van der Waals surface area contributed by atoms with Crippen LogP contribution in [0.15, 0.2) is 0 Å². The highest BCUT2D eigenvalue weighted by Gasteiger charge is 2.30. The summed E-state index contributed by atoms with van der Waals surface area (Å²) in [6.45, 7) is 4.86. The molecule has 0 radical (unpaired) electrons. The molecule has 0 heterocycles. The van der Waals surface area contributed by atoms with Crippen LogP contribution in [-0.4, -0.2) is 35.7 Å². The Morgan fingerprint density at radius 2 is 1.73 bits per heavy atom. The molecule has 2 rings (SSSR count). The number of hydrogen-bond donors (Lipinski definition) is 1. The van der Waals surface area contributed by atoms with Gasteiger partial charge in [0.25, 0.3) is 0 Å². The van der Waals surface area contributed by atoms with Gasteiger partial charge in [-0.05, 0) is 37.5 Å². The first-order valence-corrected chi connectivity index (χ1v) is 6.64. The van der Waals surface area contributed by atoms with Gasteiger partial charge in [0, 0.05) is 19.1 Å². The fraction of sp³-hybridized carbons (Fsp3) is 1.00. The highest BCUT2D eigenvalue weighted by molar-refractivity contribution is 4.86. The van der Waals surface area contributed by atoms with Gasteiger partial charge in [-0.25, -0.2) is 0 Å². The van der Waals surface area contributed by atoms with Crippen LogP contribution in [0.1, 0.15) is 45.4 Å². The van der Waals surface area contributed by atoms with E-state index in [4.69, 9.17) is 5.11 Å². The Bertz CT molecular complexity index is 183. The molecule has 1 N–H and O–H groups in total. The molecule has 0 aromatic rings. The van der Waals surface area contributed by atoms with Gasteiger partial charge in [0.2, 0.25) is 0 Å². The summed E-state index contributed by atoms with van der Waals surface area (Å²) in [6.07, 6.45) is 8.39. The van der Waals surface area contributed by atoms with Crippen molar-refractivity contribution < 1.29 is 5.11 Å². The smallest absolute Gasteiger partial charge is 0.0558 e. The van der Waals surface area contributed by atoms with Crippen LogP contribution in [0.3, 0.4) is 0 Å². The van der Waals surface area contributed by atoms with Crippen molar-refractivity contribution >= 4 is 0 Å². The number of nitrogens with zero attached hydrogens (tertiary/aromatic N) is 1. The predicted molar refractivity (Wildman–Crippen MR) is 62.8 cm³/mol. The van der Waals surface area contributed by atoms with Gasteiger partial charge in [0.1, 0.15) is 0 Å². The van der Waals surface area contributed by atoms with Gasteiger partial charge < -0.3 is 5.11 Å². The molecular weight excluding hydrogens is 186 g/mol. The van der Waals surface area contributed by atoms with Gasteiger partial charge in [0.05, 0.1) is 6.61 Å². The van der Waals surface area contributed by atoms with Gasteiger partial charge in [0.15, 0.2) is 0 Å². The lowest BCUT2D eigenvalue weighted by Crippen LogP contribution is -2.35. The van der Waals surface area contributed by atoms with E-state index in [0.29, 0.717) is 6.61 Å². The Kier molecular flexibility index (Phi) is 4.04. The highest BCUT2D eigenvalue weighted by Crippen LogP contribution is 2.32. The monoisotopic (exact) mass is 211 g/mol. The fourth-order valence-corrected chi connectivity index (χ4v) is 2.83. The van der Waals surface area contributed by atoms with Crippen LogP contribution in [0, 0.1) is 11.8 Å². The minimum Gasteiger partial charge on any atom is -0.395 e. The maximum Gasteiger partial charge on any atom is 0.0558 e. The maximum absolute atomic E-state index is 9.04. The van der Waals surface area contributed by atoms with Crippen LogP contribution in [0.2, 0.25) is 0 Å². The Hall–Kier alpha value is -0.0800. The molecule has 0 aromatic carbocycles. The van der Waals surface area contributed by atoms with Crippen LogP contribution in [0.25, 0.3) is 0 Å². The Morgan fingerprint density at radius 3 is 2.27 bits per heavy atom. The topological polar surface area (TPSA) is 23.5 Å². The number of hydrogen-bond acceptors (Lipinski definition) is 2. The lowest BCUT2D eigenvalue weighted by atomic mass is 9.83. The van der Waals surface area contributed by atoms with E-state index < -0.39 is 0 Å². The second-order valence-corrected chi connectivity index (χ2v) is 5.58. The molecule has 88 valence electrons.